The Morgan fingerprint density at radius 3 is 2.33 bits per heavy atom. The van der Waals surface area contributed by atoms with Crippen molar-refractivity contribution in [3.8, 4) is 11.5 Å². The van der Waals surface area contributed by atoms with E-state index in [0.717, 1.165) is 5.69 Å². The third kappa shape index (κ3) is 5.46. The van der Waals surface area contributed by atoms with Crippen LogP contribution in [0.4, 0.5) is 5.69 Å². The molecule has 78 valence electrons. The summed E-state index contributed by atoms with van der Waals surface area (Å²) >= 11 is 4.25. The second-order valence-electron chi connectivity index (χ2n) is 4.27. The van der Waals surface area contributed by atoms with E-state index in [-0.39, 0.29) is 0 Å². The highest BCUT2D eigenvalue weighted by molar-refractivity contribution is 7.97. The van der Waals surface area contributed by atoms with Crippen molar-refractivity contribution in [2.24, 2.45) is 4.99 Å². The lowest BCUT2D eigenvalue weighted by molar-refractivity contribution is 1.54. The smallest absolute Gasteiger partial charge is 0.143 e. The van der Waals surface area contributed by atoms with E-state index in [1.165, 1.54) is 0 Å². The molecule has 0 aromatic heterocycles. The highest BCUT2D eigenvalue weighted by atomic mass is 32.1. The zero-order valence-corrected chi connectivity index (χ0v) is 11.2. The predicted molar refractivity (Wildman–Crippen MR) is 73.6 cm³/mol. The molecule has 0 atom stereocenters. The Kier molecular flexibility index (Phi) is 4.19. The summed E-state index contributed by atoms with van der Waals surface area (Å²) < 4.78 is 0. The van der Waals surface area contributed by atoms with Crippen LogP contribution in [0.2, 0.25) is 19.6 Å². The molecule has 1 rings (SSSR count). The van der Waals surface area contributed by atoms with E-state index in [2.05, 4.69) is 48.7 Å². The van der Waals surface area contributed by atoms with Crippen molar-refractivity contribution in [3.05, 3.63) is 30.3 Å². The zero-order valence-electron chi connectivity index (χ0n) is 9.28. The fraction of sp³-hybridized carbons (Fsp3) is 0.250. The maximum atomic E-state index is 4.29. The van der Waals surface area contributed by atoms with Gasteiger partial charge in [-0.15, -0.1) is 18.2 Å². The van der Waals surface area contributed by atoms with E-state index >= 15 is 0 Å². The van der Waals surface area contributed by atoms with Crippen LogP contribution in [0.5, 0.6) is 0 Å². The molecule has 0 radical (unpaired) electrons. The number of benzene rings is 1. The Hall–Kier alpha value is -0.983. The maximum absolute atomic E-state index is 4.29. The van der Waals surface area contributed by atoms with Crippen LogP contribution >= 0.6 is 12.6 Å². The van der Waals surface area contributed by atoms with Gasteiger partial charge in [-0.1, -0.05) is 37.8 Å². The minimum absolute atomic E-state index is 0.587. The number of rotatable bonds is 1. The number of hydrogen-bond acceptors (Lipinski definition) is 1. The minimum Gasteiger partial charge on any atom is -0.233 e. The van der Waals surface area contributed by atoms with Gasteiger partial charge in [-0.05, 0) is 18.1 Å². The van der Waals surface area contributed by atoms with Crippen molar-refractivity contribution in [3.63, 3.8) is 0 Å². The molecule has 3 heteroatoms. The van der Waals surface area contributed by atoms with Crippen molar-refractivity contribution in [2.75, 3.05) is 0 Å². The van der Waals surface area contributed by atoms with Gasteiger partial charge in [-0.2, -0.15) is 0 Å². The monoisotopic (exact) mass is 233 g/mol. The molecule has 0 spiro atoms. The van der Waals surface area contributed by atoms with Gasteiger partial charge in [0.15, 0.2) is 0 Å². The van der Waals surface area contributed by atoms with Gasteiger partial charge in [-0.25, -0.2) is 4.99 Å². The lowest BCUT2D eigenvalue weighted by Crippen LogP contribution is -2.16. The molecule has 1 nitrogen and oxygen atoms in total. The van der Waals surface area contributed by atoms with Gasteiger partial charge < -0.3 is 0 Å². The van der Waals surface area contributed by atoms with Gasteiger partial charge in [0.25, 0.3) is 0 Å². The van der Waals surface area contributed by atoms with Crippen LogP contribution in [0.15, 0.2) is 35.3 Å². The third-order valence-electron chi connectivity index (χ3n) is 1.54. The molecule has 1 aromatic carbocycles. The molecular weight excluding hydrogens is 218 g/mol. The van der Waals surface area contributed by atoms with E-state index in [9.17, 15) is 0 Å². The molecule has 15 heavy (non-hydrogen) atoms. The average molecular weight is 233 g/mol. The molecule has 0 saturated carbocycles. The quantitative estimate of drug-likeness (QED) is 0.250. The fourth-order valence-electron chi connectivity index (χ4n) is 0.896. The van der Waals surface area contributed by atoms with E-state index < -0.39 is 8.07 Å². The van der Waals surface area contributed by atoms with Crippen molar-refractivity contribution in [2.45, 2.75) is 19.6 Å². The zero-order chi connectivity index (χ0) is 11.3. The summed E-state index contributed by atoms with van der Waals surface area (Å²) in [6.07, 6.45) is 0. The second-order valence-corrected chi connectivity index (χ2v) is 9.44. The minimum atomic E-state index is -1.33. The molecule has 0 aliphatic rings. The molecule has 0 saturated heterocycles. The first kappa shape index (κ1) is 12.1. The summed E-state index contributed by atoms with van der Waals surface area (Å²) in [5.41, 5.74) is 4.12. The number of hydrogen-bond donors (Lipinski definition) is 1. The van der Waals surface area contributed by atoms with Crippen molar-refractivity contribution in [1.82, 2.24) is 0 Å². The van der Waals surface area contributed by atoms with Crippen LogP contribution in [0.25, 0.3) is 0 Å². The predicted octanol–water partition coefficient (Wildman–Crippen LogP) is 3.53. The van der Waals surface area contributed by atoms with Crippen molar-refractivity contribution in [1.29, 1.82) is 0 Å². The van der Waals surface area contributed by atoms with Crippen molar-refractivity contribution >= 4 is 31.4 Å². The van der Waals surface area contributed by atoms with Crippen LogP contribution < -0.4 is 0 Å². The fourth-order valence-corrected chi connectivity index (χ4v) is 1.67. The number of aliphatic imine (C=N–C) groups is 1. The molecule has 0 heterocycles. The molecule has 0 unspecified atom stereocenters. The molecule has 1 aromatic rings. The lowest BCUT2D eigenvalue weighted by atomic mass is 10.3. The van der Waals surface area contributed by atoms with Gasteiger partial charge in [0.1, 0.15) is 13.1 Å². The standard InChI is InChI=1S/C12H15NSSi/c1-15(2,3)10-9-12(14)13-11-7-5-4-6-8-11/h4-8H,1-3H3,(H,13,14). The first-order valence-electron chi connectivity index (χ1n) is 4.83. The molecule has 0 amide bonds. The Morgan fingerprint density at radius 2 is 1.80 bits per heavy atom. The summed E-state index contributed by atoms with van der Waals surface area (Å²) in [6.45, 7) is 6.59. The normalized spacial score (nSPS) is 11.9. The Morgan fingerprint density at radius 1 is 1.20 bits per heavy atom. The van der Waals surface area contributed by atoms with E-state index in [1.807, 2.05) is 30.3 Å². The second kappa shape index (κ2) is 5.20. The van der Waals surface area contributed by atoms with Gasteiger partial charge in [0.2, 0.25) is 0 Å². The summed E-state index contributed by atoms with van der Waals surface area (Å²) in [5, 5.41) is 0.587. The molecule has 0 aliphatic carbocycles. The SMILES string of the molecule is C[Si](C)(C)C#CC(S)=Nc1ccccc1. The van der Waals surface area contributed by atoms with E-state index in [0.29, 0.717) is 5.04 Å². The van der Waals surface area contributed by atoms with Gasteiger partial charge in [0, 0.05) is 0 Å². The summed E-state index contributed by atoms with van der Waals surface area (Å²) in [6, 6.07) is 9.74. The van der Waals surface area contributed by atoms with E-state index in [4.69, 9.17) is 0 Å². The summed E-state index contributed by atoms with van der Waals surface area (Å²) in [7, 11) is -1.33. The van der Waals surface area contributed by atoms with Gasteiger partial charge in [-0.3, -0.25) is 0 Å². The topological polar surface area (TPSA) is 12.4 Å². The van der Waals surface area contributed by atoms with Gasteiger partial charge >= 0.3 is 0 Å². The van der Waals surface area contributed by atoms with E-state index in [1.54, 1.807) is 0 Å². The van der Waals surface area contributed by atoms with Gasteiger partial charge in [0.05, 0.1) is 5.69 Å². The number of para-hydroxylation sites is 1. The largest absolute Gasteiger partial charge is 0.233 e. The number of nitrogens with zero attached hydrogens (tertiary/aromatic N) is 1. The number of thiol groups is 1. The maximum Gasteiger partial charge on any atom is 0.143 e. The average Bonchev–Trinajstić information content (AvgIpc) is 2.15. The van der Waals surface area contributed by atoms with Crippen molar-refractivity contribution < 1.29 is 0 Å². The van der Waals surface area contributed by atoms with Crippen LogP contribution in [-0.2, 0) is 0 Å². The molecule has 0 aliphatic heterocycles. The lowest BCUT2D eigenvalue weighted by Gasteiger charge is -2.02. The third-order valence-corrected chi connectivity index (χ3v) is 2.63. The highest BCUT2D eigenvalue weighted by Crippen LogP contribution is 2.10. The molecule has 0 bridgehead atoms. The first-order chi connectivity index (χ1) is 6.97. The van der Waals surface area contributed by atoms with Crippen LogP contribution in [-0.4, -0.2) is 13.1 Å². The van der Waals surface area contributed by atoms with Crippen LogP contribution in [0.1, 0.15) is 0 Å². The van der Waals surface area contributed by atoms with Crippen LogP contribution in [0, 0.1) is 11.5 Å². The first-order valence-corrected chi connectivity index (χ1v) is 8.78. The van der Waals surface area contributed by atoms with Crippen LogP contribution in [0.3, 0.4) is 0 Å². The summed E-state index contributed by atoms with van der Waals surface area (Å²) in [4.78, 5) is 4.29. The Labute approximate surface area is 98.1 Å². The summed E-state index contributed by atoms with van der Waals surface area (Å²) in [5.74, 6) is 3.00. The molecule has 0 fully saturated rings. The molecular formula is C12H15NSSi. The Bertz CT molecular complexity index is 407. The Balaban J connectivity index is 2.81. The highest BCUT2D eigenvalue weighted by Gasteiger charge is 2.07. The molecule has 0 N–H and O–H groups in total.